The van der Waals surface area contributed by atoms with Gasteiger partial charge in [0.25, 0.3) is 15.9 Å². The van der Waals surface area contributed by atoms with Crippen LogP contribution in [0.4, 0.5) is 25.0 Å². The van der Waals surface area contributed by atoms with E-state index in [2.05, 4.69) is 15.3 Å². The van der Waals surface area contributed by atoms with Crippen LogP contribution in [0.25, 0.3) is 0 Å². The molecule has 3 heterocycles. The van der Waals surface area contributed by atoms with Crippen LogP contribution in [-0.2, 0) is 10.0 Å². The van der Waals surface area contributed by atoms with E-state index in [4.69, 9.17) is 9.15 Å². The molecule has 1 unspecified atom stereocenters. The molecule has 2 aromatic heterocycles. The van der Waals surface area contributed by atoms with E-state index in [0.717, 1.165) is 9.21 Å². The summed E-state index contributed by atoms with van der Waals surface area (Å²) < 4.78 is 65.7. The summed E-state index contributed by atoms with van der Waals surface area (Å²) in [5.41, 5.74) is -0.984. The Morgan fingerprint density at radius 1 is 1.33 bits per heavy atom. The van der Waals surface area contributed by atoms with Gasteiger partial charge in [-0.1, -0.05) is 0 Å². The number of ether oxygens (including phenoxy) is 1. The van der Waals surface area contributed by atoms with Crippen molar-refractivity contribution in [1.29, 1.82) is 0 Å². The van der Waals surface area contributed by atoms with Gasteiger partial charge in [0.1, 0.15) is 10.6 Å². The molecule has 194 valence electrons. The van der Waals surface area contributed by atoms with Gasteiger partial charge in [-0.25, -0.2) is 27.8 Å². The van der Waals surface area contributed by atoms with Gasteiger partial charge in [-0.2, -0.15) is 13.9 Å². The molecule has 1 aliphatic heterocycles. The van der Waals surface area contributed by atoms with Crippen LogP contribution < -0.4 is 19.7 Å². The molecule has 0 spiro atoms. The predicted octanol–water partition coefficient (Wildman–Crippen LogP) is 2.87. The summed E-state index contributed by atoms with van der Waals surface area (Å²) in [6, 6.07) is 4.09. The number of hydrogen-bond donors (Lipinski definition) is 2. The van der Waals surface area contributed by atoms with Gasteiger partial charge in [0.05, 0.1) is 29.8 Å². The van der Waals surface area contributed by atoms with E-state index in [1.165, 1.54) is 25.1 Å². The van der Waals surface area contributed by atoms with Crippen LogP contribution in [0, 0.1) is 6.92 Å². The zero-order chi connectivity index (χ0) is 26.6. The molecule has 1 amide bonds. The summed E-state index contributed by atoms with van der Waals surface area (Å²) in [6.45, 7) is 2.70. The van der Waals surface area contributed by atoms with Crippen LogP contribution >= 0.6 is 0 Å². The molecule has 1 aromatic carbocycles. The van der Waals surface area contributed by atoms with Gasteiger partial charge in [-0.15, -0.1) is 5.10 Å². The highest BCUT2D eigenvalue weighted by Gasteiger charge is 2.40. The molecule has 36 heavy (non-hydrogen) atoms. The smallest absolute Gasteiger partial charge is 0.434 e. The lowest BCUT2D eigenvalue weighted by molar-refractivity contribution is 0.0561. The van der Waals surface area contributed by atoms with Gasteiger partial charge >= 0.3 is 18.4 Å². The maximum atomic E-state index is 13.7. The molecule has 0 saturated carbocycles. The number of rotatable bonds is 5. The van der Waals surface area contributed by atoms with Crippen molar-refractivity contribution in [1.82, 2.24) is 20.0 Å². The molecular formula is C20H22F2N6O7S. The van der Waals surface area contributed by atoms with Gasteiger partial charge < -0.3 is 14.3 Å². The number of halogens is 2. The fraction of sp³-hybridized carbons (Fsp3) is 0.400. The number of aromatic nitrogens is 4. The number of carbonyl (C=O) groups is 1. The van der Waals surface area contributed by atoms with Crippen molar-refractivity contribution in [3.8, 4) is 5.75 Å². The first kappa shape index (κ1) is 25.2. The van der Waals surface area contributed by atoms with Crippen molar-refractivity contribution in [3.05, 3.63) is 46.5 Å². The maximum absolute atomic E-state index is 13.7. The number of alkyl halides is 2. The van der Waals surface area contributed by atoms with Crippen molar-refractivity contribution in [2.24, 2.45) is 0 Å². The zero-order valence-corrected chi connectivity index (χ0v) is 20.3. The quantitative estimate of drug-likeness (QED) is 0.507. The number of amides is 1. The lowest BCUT2D eigenvalue weighted by atomic mass is 10.0. The third-order valence-corrected chi connectivity index (χ3v) is 7.18. The highest BCUT2D eigenvalue weighted by atomic mass is 32.2. The summed E-state index contributed by atoms with van der Waals surface area (Å²) in [6.07, 6.45) is -1.75. The summed E-state index contributed by atoms with van der Waals surface area (Å²) in [5.74, 6) is -1.13. The van der Waals surface area contributed by atoms with E-state index in [0.29, 0.717) is 6.20 Å². The number of anilines is 2. The number of carboxylic acid groups (broad SMARTS) is 1. The number of H-pyrrole nitrogens is 1. The molecule has 1 atom stereocenters. The lowest BCUT2D eigenvalue weighted by Crippen LogP contribution is -2.45. The first-order chi connectivity index (χ1) is 16.7. The molecule has 4 rings (SSSR count). The average Bonchev–Trinajstić information content (AvgIpc) is 3.38. The minimum atomic E-state index is -4.54. The number of hydrogen-bond acceptors (Lipinski definition) is 8. The van der Waals surface area contributed by atoms with Gasteiger partial charge in [-0.3, -0.25) is 9.21 Å². The fourth-order valence-corrected chi connectivity index (χ4v) is 5.46. The normalized spacial score (nSPS) is 16.1. The third-order valence-electron chi connectivity index (χ3n) is 5.30. The van der Waals surface area contributed by atoms with Crippen LogP contribution in [0.3, 0.4) is 0 Å². The van der Waals surface area contributed by atoms with Crippen LogP contribution in [0.5, 0.6) is 5.75 Å². The monoisotopic (exact) mass is 528 g/mol. The Morgan fingerprint density at radius 3 is 2.56 bits per heavy atom. The molecule has 13 nitrogen and oxygen atoms in total. The highest BCUT2D eigenvalue weighted by molar-refractivity contribution is 7.92. The molecule has 0 aliphatic carbocycles. The fourth-order valence-electron chi connectivity index (χ4n) is 3.84. The zero-order valence-electron chi connectivity index (χ0n) is 19.5. The Labute approximate surface area is 202 Å². The number of aryl methyl sites for hydroxylation is 1. The second kappa shape index (κ2) is 8.61. The second-order valence-electron chi connectivity index (χ2n) is 8.87. The lowest BCUT2D eigenvalue weighted by Gasteiger charge is -2.37. The Balaban J connectivity index is 1.89. The van der Waals surface area contributed by atoms with Gasteiger partial charge in [0.15, 0.2) is 6.10 Å². The molecule has 0 bridgehead atoms. The van der Waals surface area contributed by atoms with E-state index in [1.807, 2.05) is 0 Å². The van der Waals surface area contributed by atoms with Gasteiger partial charge in [-0.05, 0) is 45.9 Å². The van der Waals surface area contributed by atoms with Crippen molar-refractivity contribution in [2.45, 2.75) is 50.8 Å². The van der Waals surface area contributed by atoms with E-state index < -0.39 is 51.5 Å². The Kier molecular flexibility index (Phi) is 6.02. The first-order valence-corrected chi connectivity index (χ1v) is 11.9. The Morgan fingerprint density at radius 2 is 2.03 bits per heavy atom. The SMILES string of the molecule is Cc1nn(C(F)F)cc1S(=O)(=O)N1CC(c2n[nH]c(=O)o2)Oc2ccc(N(C(=O)O)C(C)(C)C)cc21. The number of nitrogens with one attached hydrogen (secondary N) is 1. The van der Waals surface area contributed by atoms with Crippen molar-refractivity contribution in [2.75, 3.05) is 15.7 Å². The molecule has 1 aliphatic rings. The second-order valence-corrected chi connectivity index (χ2v) is 10.7. The van der Waals surface area contributed by atoms with Crippen LogP contribution in [0.15, 0.2) is 38.5 Å². The van der Waals surface area contributed by atoms with Crippen molar-refractivity contribution >= 4 is 27.5 Å². The number of aromatic amines is 1. The molecule has 0 saturated heterocycles. The third kappa shape index (κ3) is 4.38. The first-order valence-electron chi connectivity index (χ1n) is 10.5. The van der Waals surface area contributed by atoms with Crippen LogP contribution in [-0.4, -0.2) is 51.7 Å². The summed E-state index contributed by atoms with van der Waals surface area (Å²) in [4.78, 5) is 24.0. The Hall–Kier alpha value is -3.95. The van der Waals surface area contributed by atoms with E-state index in [9.17, 15) is 31.9 Å². The van der Waals surface area contributed by atoms with E-state index in [-0.39, 0.29) is 33.4 Å². The minimum Gasteiger partial charge on any atom is -0.476 e. The van der Waals surface area contributed by atoms with Crippen LogP contribution in [0.1, 0.15) is 45.0 Å². The van der Waals surface area contributed by atoms with Crippen LogP contribution in [0.2, 0.25) is 0 Å². The number of benzene rings is 1. The van der Waals surface area contributed by atoms with E-state index in [1.54, 1.807) is 20.8 Å². The highest BCUT2D eigenvalue weighted by Crippen LogP contribution is 2.43. The molecule has 0 radical (unpaired) electrons. The molecule has 2 N–H and O–H groups in total. The number of sulfonamides is 1. The van der Waals surface area contributed by atoms with Crippen molar-refractivity contribution < 1.29 is 36.3 Å². The minimum absolute atomic E-state index is 0.00220. The van der Waals surface area contributed by atoms with Crippen molar-refractivity contribution in [3.63, 3.8) is 0 Å². The van der Waals surface area contributed by atoms with Gasteiger partial charge in [0.2, 0.25) is 0 Å². The molecule has 3 aromatic rings. The van der Waals surface area contributed by atoms with E-state index >= 15 is 0 Å². The molecular weight excluding hydrogens is 506 g/mol. The Bertz CT molecular complexity index is 1470. The number of fused-ring (bicyclic) bond motifs is 1. The van der Waals surface area contributed by atoms with Gasteiger partial charge in [0, 0.05) is 5.54 Å². The maximum Gasteiger partial charge on any atom is 0.434 e. The summed E-state index contributed by atoms with van der Waals surface area (Å²) in [7, 11) is -4.54. The predicted molar refractivity (Wildman–Crippen MR) is 120 cm³/mol. The topological polar surface area (TPSA) is 164 Å². The molecule has 0 fully saturated rings. The summed E-state index contributed by atoms with van der Waals surface area (Å²) >= 11 is 0. The standard InChI is InChI=1S/C20H22F2N6O7S/c1-10-15(9-26(25-10)17(21)22)36(32,33)27-8-14(16-23-24-18(29)35-16)34-13-6-5-11(7-12(13)27)28(19(30)31)20(2,3)4/h5-7,9,14,17H,8H2,1-4H3,(H,24,29)(H,30,31). The summed E-state index contributed by atoms with van der Waals surface area (Å²) in [5, 5.41) is 19.1. The number of nitrogens with zero attached hydrogens (tertiary/aromatic N) is 5. The average molecular weight is 528 g/mol. The molecule has 16 heteroatoms. The largest absolute Gasteiger partial charge is 0.476 e.